The summed E-state index contributed by atoms with van der Waals surface area (Å²) in [6.45, 7) is 26.4. The first-order valence-electron chi connectivity index (χ1n) is 29.9. The van der Waals surface area contributed by atoms with E-state index in [1.54, 1.807) is 111 Å². The van der Waals surface area contributed by atoms with Gasteiger partial charge in [-0.25, -0.2) is 0 Å². The number of halogens is 4. The smallest absolute Gasteiger partial charge is 0.300 e. The monoisotopic (exact) mass is 1560 g/mol. The Hall–Kier alpha value is -5.12. The van der Waals surface area contributed by atoms with Crippen molar-refractivity contribution >= 4 is 119 Å². The van der Waals surface area contributed by atoms with Crippen LogP contribution in [0.3, 0.4) is 0 Å². The number of hydrogen-bond donors (Lipinski definition) is 0. The number of ketones is 2. The van der Waals surface area contributed by atoms with Crippen LogP contribution in [-0.4, -0.2) is 102 Å². The van der Waals surface area contributed by atoms with Gasteiger partial charge in [0.15, 0.2) is 11.6 Å². The van der Waals surface area contributed by atoms with Gasteiger partial charge in [-0.3, -0.25) is 34.7 Å². The van der Waals surface area contributed by atoms with Crippen molar-refractivity contribution in [1.29, 1.82) is 0 Å². The number of hydrogen-bond acceptors (Lipinski definition) is 22. The van der Waals surface area contributed by atoms with Gasteiger partial charge in [0, 0.05) is 32.3 Å². The third-order valence-corrected chi connectivity index (χ3v) is 21.2. The van der Waals surface area contributed by atoms with Gasteiger partial charge in [0.2, 0.25) is 0 Å². The maximum absolute atomic E-state index is 13.7. The summed E-state index contributed by atoms with van der Waals surface area (Å²) in [5.74, 6) is -3.48. The van der Waals surface area contributed by atoms with Gasteiger partial charge in [-0.05, 0) is 143 Å². The highest BCUT2D eigenvalue weighted by Crippen LogP contribution is 2.41. The van der Waals surface area contributed by atoms with Crippen molar-refractivity contribution in [1.82, 2.24) is 0 Å². The molecule has 0 radical (unpaired) electrons. The van der Waals surface area contributed by atoms with Crippen LogP contribution >= 0.6 is 46.4 Å². The highest BCUT2D eigenvalue weighted by Gasteiger charge is 2.34. The average Bonchev–Trinajstić information content (AvgIpc) is 0.779. The Kier molecular flexibility index (Phi) is 27.7. The zero-order valence-corrected chi connectivity index (χ0v) is 64.7. The standard InChI is InChI=1S/C34H42Cl2O11S3.C32H38Cl2O11S3/c1-32(2,3)19-44-48(38,39)24-12-15-28(30(18-24)50(42,43)46-21-34(7,8)9)47-27-14-10-22(31(37)25-17-23(35)11-13-26(25)36)16-29(27)49(40,41)45-20-33(4,5)6;1-20(2)17-42-46(36,37)24-10-13-28(30(16-24)48(40,41)44-19-32(5,6)7)45-27-12-8-22(14-29(27)47(38,39)43-18-21(3)4)31(35)25-15-23(33)9-11-26(25)34/h10-18H,19-21H2,1-9H3;8-16,20-21H,17-19H2,1-7H3. The lowest BCUT2D eigenvalue weighted by Crippen LogP contribution is -2.21. The fourth-order valence-electron chi connectivity index (χ4n) is 7.45. The zero-order valence-electron chi connectivity index (χ0n) is 56.7. The van der Waals surface area contributed by atoms with E-state index >= 15 is 0 Å². The number of ether oxygens (including phenoxy) is 2. The fraction of sp³-hybridized carbons (Fsp3) is 0.424. The van der Waals surface area contributed by atoms with E-state index in [-0.39, 0.29) is 93.8 Å². The third kappa shape index (κ3) is 24.6. The Morgan fingerprint density at radius 3 is 0.888 bits per heavy atom. The largest absolute Gasteiger partial charge is 0.454 e. The van der Waals surface area contributed by atoms with Gasteiger partial charge in [0.25, 0.3) is 20.2 Å². The van der Waals surface area contributed by atoms with Crippen LogP contribution in [-0.2, 0) is 85.8 Å². The van der Waals surface area contributed by atoms with Crippen LogP contribution in [0.25, 0.3) is 0 Å². The average molecular weight is 1560 g/mol. The summed E-state index contributed by atoms with van der Waals surface area (Å²) in [5.41, 5.74) is -2.61. The molecule has 0 amide bonds. The molecule has 540 valence electrons. The fourth-order valence-corrected chi connectivity index (χ4v) is 15.6. The zero-order chi connectivity index (χ0) is 74.3. The van der Waals surface area contributed by atoms with Crippen LogP contribution in [0.2, 0.25) is 20.1 Å². The number of carbonyl (C=O) groups is 2. The molecule has 0 aliphatic heterocycles. The summed E-state index contributed by atoms with van der Waals surface area (Å²) in [6.07, 6.45) is 0. The summed E-state index contributed by atoms with van der Waals surface area (Å²) in [6, 6.07) is 21.1. The first-order chi connectivity index (χ1) is 44.6. The predicted octanol–water partition coefficient (Wildman–Crippen LogP) is 15.8. The van der Waals surface area contributed by atoms with E-state index in [2.05, 4.69) is 0 Å². The summed E-state index contributed by atoms with van der Waals surface area (Å²) in [7, 11) is -27.6. The Morgan fingerprint density at radius 2 is 0.592 bits per heavy atom. The normalized spacial score (nSPS) is 13.1. The number of carbonyl (C=O) groups excluding carboxylic acids is 2. The number of rotatable bonds is 28. The minimum Gasteiger partial charge on any atom is -0.454 e. The van der Waals surface area contributed by atoms with Crippen LogP contribution < -0.4 is 9.47 Å². The molecule has 6 rings (SSSR count). The summed E-state index contributed by atoms with van der Waals surface area (Å²) >= 11 is 24.6. The summed E-state index contributed by atoms with van der Waals surface area (Å²) < 4.78 is 204. The van der Waals surface area contributed by atoms with E-state index in [0.29, 0.717) is 0 Å². The van der Waals surface area contributed by atoms with Crippen molar-refractivity contribution in [2.24, 2.45) is 33.5 Å². The molecular weight excluding hydrogens is 1480 g/mol. The van der Waals surface area contributed by atoms with Crippen molar-refractivity contribution in [3.05, 3.63) is 152 Å². The molecule has 0 aromatic heterocycles. The van der Waals surface area contributed by atoms with Crippen molar-refractivity contribution in [3.8, 4) is 23.0 Å². The highest BCUT2D eigenvalue weighted by molar-refractivity contribution is 7.88. The first kappa shape index (κ1) is 83.5. The second-order valence-electron chi connectivity index (χ2n) is 28.0. The number of benzene rings is 6. The Bertz CT molecular complexity index is 4650. The van der Waals surface area contributed by atoms with Gasteiger partial charge in [0.1, 0.15) is 42.6 Å². The lowest BCUT2D eigenvalue weighted by Gasteiger charge is -2.21. The van der Waals surface area contributed by atoms with E-state index in [9.17, 15) is 60.1 Å². The maximum atomic E-state index is 13.7. The Balaban J connectivity index is 0.000000354. The van der Waals surface area contributed by atoms with E-state index in [1.807, 2.05) is 0 Å². The second kappa shape index (κ2) is 32.5. The molecule has 0 spiro atoms. The van der Waals surface area contributed by atoms with E-state index < -0.39 is 146 Å². The molecule has 0 fully saturated rings. The topological polar surface area (TPSA) is 313 Å². The third-order valence-electron chi connectivity index (χ3n) is 12.4. The molecule has 0 bridgehead atoms. The molecule has 22 nitrogen and oxygen atoms in total. The Morgan fingerprint density at radius 1 is 0.337 bits per heavy atom. The molecule has 0 N–H and O–H groups in total. The molecule has 0 saturated carbocycles. The van der Waals surface area contributed by atoms with Gasteiger partial charge in [-0.2, -0.15) is 50.5 Å². The molecule has 6 aromatic rings. The molecule has 0 saturated heterocycles. The van der Waals surface area contributed by atoms with Crippen molar-refractivity contribution in [2.75, 3.05) is 39.6 Å². The van der Waals surface area contributed by atoms with Crippen LogP contribution in [0.5, 0.6) is 23.0 Å². The van der Waals surface area contributed by atoms with E-state index in [1.165, 1.54) is 48.5 Å². The molecular formula is C66H80Cl4O22S6. The maximum Gasteiger partial charge on any atom is 0.300 e. The quantitative estimate of drug-likeness (QED) is 0.0325. The molecule has 32 heteroatoms. The van der Waals surface area contributed by atoms with Crippen molar-refractivity contribution in [2.45, 2.75) is 140 Å². The summed E-state index contributed by atoms with van der Waals surface area (Å²) in [4.78, 5) is 23.2. The van der Waals surface area contributed by atoms with E-state index in [0.717, 1.165) is 60.7 Å². The van der Waals surface area contributed by atoms with Crippen molar-refractivity contribution in [3.63, 3.8) is 0 Å². The molecule has 0 aliphatic rings. The Labute approximate surface area is 596 Å². The summed E-state index contributed by atoms with van der Waals surface area (Å²) in [5, 5.41) is 0.580. The van der Waals surface area contributed by atoms with Gasteiger partial charge in [-0.1, -0.05) is 157 Å². The van der Waals surface area contributed by atoms with Gasteiger partial charge < -0.3 is 9.47 Å². The molecule has 0 heterocycles. The van der Waals surface area contributed by atoms with Crippen molar-refractivity contribution < 1.29 is 94.7 Å². The minimum atomic E-state index is -4.72. The first-order valence-corrected chi connectivity index (χ1v) is 39.9. The van der Waals surface area contributed by atoms with E-state index in [4.69, 9.17) is 81.0 Å². The van der Waals surface area contributed by atoms with Crippen LogP contribution in [0.4, 0.5) is 0 Å². The van der Waals surface area contributed by atoms with Gasteiger partial charge in [0.05, 0.1) is 59.5 Å². The van der Waals surface area contributed by atoms with Crippen LogP contribution in [0.1, 0.15) is 143 Å². The lowest BCUT2D eigenvalue weighted by molar-refractivity contribution is 0.103. The SMILES string of the molecule is CC(C)(C)COS(=O)(=O)c1ccc(Oc2ccc(C(=O)c3cc(Cl)ccc3Cl)cc2S(=O)(=O)OCC(C)(C)C)c(S(=O)(=O)OCC(C)(C)C)c1.CC(C)COS(=O)(=O)c1ccc(Oc2ccc(C(=O)c3cc(Cl)ccc3Cl)cc2S(=O)(=O)OCC(C)C)c(S(=O)(=O)OCC(C)(C)C)c1. The molecule has 98 heavy (non-hydrogen) atoms. The van der Waals surface area contributed by atoms with Gasteiger partial charge >= 0.3 is 40.5 Å². The minimum absolute atomic E-state index is 0.00153. The second-order valence-corrected chi connectivity index (χ2v) is 39.3. The lowest BCUT2D eigenvalue weighted by atomic mass is 9.99. The van der Waals surface area contributed by atoms with Gasteiger partial charge in [-0.15, -0.1) is 0 Å². The molecule has 0 aliphatic carbocycles. The predicted molar refractivity (Wildman–Crippen MR) is 372 cm³/mol. The molecule has 0 unspecified atom stereocenters. The van der Waals surface area contributed by atoms with Crippen LogP contribution in [0.15, 0.2) is 139 Å². The van der Waals surface area contributed by atoms with Crippen LogP contribution in [0, 0.1) is 33.5 Å². The highest BCUT2D eigenvalue weighted by atomic mass is 35.5. The molecule has 6 aromatic carbocycles. The molecule has 0 atom stereocenters.